The van der Waals surface area contributed by atoms with E-state index in [9.17, 15) is 34.9 Å². The van der Waals surface area contributed by atoms with Gasteiger partial charge in [0, 0.05) is 24.3 Å². The minimum absolute atomic E-state index is 0.101. The Kier molecular flexibility index (Phi) is 5.73. The van der Waals surface area contributed by atoms with E-state index in [0.29, 0.717) is 6.07 Å². The van der Waals surface area contributed by atoms with Gasteiger partial charge in [-0.2, -0.15) is 0 Å². The summed E-state index contributed by atoms with van der Waals surface area (Å²) in [5.74, 6) is -2.15. The molecule has 0 saturated heterocycles. The van der Waals surface area contributed by atoms with Crippen molar-refractivity contribution in [3.05, 3.63) is 61.7 Å². The third kappa shape index (κ3) is 4.12. The van der Waals surface area contributed by atoms with Crippen LogP contribution >= 0.6 is 0 Å². The highest BCUT2D eigenvalue weighted by molar-refractivity contribution is 6.08. The Balaban J connectivity index is 2.51. The van der Waals surface area contributed by atoms with Crippen LogP contribution in [0.4, 0.5) is 17.1 Å². The molecule has 2 rings (SSSR count). The topological polar surface area (TPSA) is 171 Å². The highest BCUT2D eigenvalue weighted by atomic mass is 16.6. The number of nitrogens with zero attached hydrogens (tertiary/aromatic N) is 2. The SMILES string of the molecule is COc1cc(NC(=O)c2cc([N+](=O)[O-])cc([N+](=O)[O-])c2)c(C(=O)O)cc1OC. The van der Waals surface area contributed by atoms with Gasteiger partial charge in [0.15, 0.2) is 11.5 Å². The average molecular weight is 391 g/mol. The third-order valence-electron chi connectivity index (χ3n) is 3.59. The van der Waals surface area contributed by atoms with Gasteiger partial charge < -0.3 is 19.9 Å². The van der Waals surface area contributed by atoms with E-state index in [1.54, 1.807) is 0 Å². The van der Waals surface area contributed by atoms with Gasteiger partial charge in [0.1, 0.15) is 0 Å². The van der Waals surface area contributed by atoms with Crippen molar-refractivity contribution in [3.8, 4) is 11.5 Å². The summed E-state index contributed by atoms with van der Waals surface area (Å²) < 4.78 is 10.1. The molecule has 0 radical (unpaired) electrons. The lowest BCUT2D eigenvalue weighted by Crippen LogP contribution is -2.16. The van der Waals surface area contributed by atoms with Crippen LogP contribution in [0.15, 0.2) is 30.3 Å². The standard InChI is InChI=1S/C16H13N3O9/c1-27-13-6-11(16(21)22)12(7-14(13)28-2)17-15(20)8-3-9(18(23)24)5-10(4-8)19(25)26/h3-7H,1-2H3,(H,17,20)(H,21,22). The monoisotopic (exact) mass is 391 g/mol. The third-order valence-corrected chi connectivity index (χ3v) is 3.59. The number of benzene rings is 2. The first kappa shape index (κ1) is 20.1. The number of carboxylic acids is 1. The molecule has 0 aliphatic rings. The lowest BCUT2D eigenvalue weighted by Gasteiger charge is -2.13. The molecule has 0 atom stereocenters. The number of amides is 1. The first-order chi connectivity index (χ1) is 13.2. The number of ether oxygens (including phenoxy) is 2. The number of nitro benzene ring substituents is 2. The first-order valence-corrected chi connectivity index (χ1v) is 7.42. The van der Waals surface area contributed by atoms with Crippen molar-refractivity contribution in [2.24, 2.45) is 0 Å². The maximum absolute atomic E-state index is 12.5. The summed E-state index contributed by atoms with van der Waals surface area (Å²) in [6.45, 7) is 0. The lowest BCUT2D eigenvalue weighted by atomic mass is 10.1. The zero-order valence-electron chi connectivity index (χ0n) is 14.5. The zero-order chi connectivity index (χ0) is 21.0. The summed E-state index contributed by atoms with van der Waals surface area (Å²) in [6.07, 6.45) is 0. The molecular weight excluding hydrogens is 378 g/mol. The minimum Gasteiger partial charge on any atom is -0.493 e. The number of hydrogen-bond donors (Lipinski definition) is 2. The number of non-ortho nitro benzene ring substituents is 2. The Bertz CT molecular complexity index is 955. The minimum atomic E-state index is -1.39. The number of anilines is 1. The quantitative estimate of drug-likeness (QED) is 0.531. The van der Waals surface area contributed by atoms with Gasteiger partial charge >= 0.3 is 5.97 Å². The van der Waals surface area contributed by atoms with Crippen LogP contribution in [-0.2, 0) is 0 Å². The van der Waals surface area contributed by atoms with Crippen LogP contribution in [0, 0.1) is 20.2 Å². The van der Waals surface area contributed by atoms with E-state index < -0.39 is 38.7 Å². The number of methoxy groups -OCH3 is 2. The molecule has 12 nitrogen and oxygen atoms in total. The van der Waals surface area contributed by atoms with E-state index in [2.05, 4.69) is 5.32 Å². The molecular formula is C16H13N3O9. The fraction of sp³-hybridized carbons (Fsp3) is 0.125. The van der Waals surface area contributed by atoms with Crippen LogP contribution < -0.4 is 14.8 Å². The van der Waals surface area contributed by atoms with Gasteiger partial charge in [-0.25, -0.2) is 4.79 Å². The molecule has 1 amide bonds. The number of carboxylic acid groups (broad SMARTS) is 1. The zero-order valence-corrected chi connectivity index (χ0v) is 14.5. The number of aromatic carboxylic acids is 1. The van der Waals surface area contributed by atoms with Crippen molar-refractivity contribution in [2.75, 3.05) is 19.5 Å². The van der Waals surface area contributed by atoms with Gasteiger partial charge in [0.25, 0.3) is 17.3 Å². The predicted molar refractivity (Wildman–Crippen MR) is 94.2 cm³/mol. The Morgan fingerprint density at radius 1 is 0.929 bits per heavy atom. The summed E-state index contributed by atoms with van der Waals surface area (Å²) in [5.41, 5.74) is -2.25. The number of nitrogens with one attached hydrogen (secondary N) is 1. The molecule has 0 heterocycles. The molecule has 2 aromatic carbocycles. The molecule has 2 aromatic rings. The molecule has 28 heavy (non-hydrogen) atoms. The van der Waals surface area contributed by atoms with Crippen LogP contribution in [-0.4, -0.2) is 41.0 Å². The molecule has 0 fully saturated rings. The molecule has 2 N–H and O–H groups in total. The van der Waals surface area contributed by atoms with Gasteiger partial charge in [-0.3, -0.25) is 25.0 Å². The number of hydrogen-bond acceptors (Lipinski definition) is 8. The van der Waals surface area contributed by atoms with Crippen molar-refractivity contribution < 1.29 is 34.0 Å². The molecule has 0 unspecified atom stereocenters. The summed E-state index contributed by atoms with van der Waals surface area (Å²) in [5, 5.41) is 33.5. The maximum atomic E-state index is 12.5. The Morgan fingerprint density at radius 2 is 1.43 bits per heavy atom. The van der Waals surface area contributed by atoms with Gasteiger partial charge in [-0.05, 0) is 0 Å². The van der Waals surface area contributed by atoms with Gasteiger partial charge in [-0.15, -0.1) is 0 Å². The Morgan fingerprint density at radius 3 is 1.86 bits per heavy atom. The van der Waals surface area contributed by atoms with Crippen LogP contribution in [0.2, 0.25) is 0 Å². The second-order valence-corrected chi connectivity index (χ2v) is 5.26. The van der Waals surface area contributed by atoms with Crippen molar-refractivity contribution in [1.82, 2.24) is 0 Å². The summed E-state index contributed by atoms with van der Waals surface area (Å²) in [7, 11) is 2.60. The number of carbonyl (C=O) groups is 2. The van der Waals surface area contributed by atoms with Crippen LogP contribution in [0.3, 0.4) is 0 Å². The summed E-state index contributed by atoms with van der Waals surface area (Å²) in [6, 6.07) is 4.68. The van der Waals surface area contributed by atoms with Crippen molar-refractivity contribution in [3.63, 3.8) is 0 Å². The van der Waals surface area contributed by atoms with Crippen molar-refractivity contribution in [2.45, 2.75) is 0 Å². The van der Waals surface area contributed by atoms with Crippen LogP contribution in [0.5, 0.6) is 11.5 Å². The van der Waals surface area contributed by atoms with Crippen molar-refractivity contribution in [1.29, 1.82) is 0 Å². The van der Waals surface area contributed by atoms with Gasteiger partial charge in [0.2, 0.25) is 0 Å². The van der Waals surface area contributed by atoms with Crippen LogP contribution in [0.25, 0.3) is 0 Å². The first-order valence-electron chi connectivity index (χ1n) is 7.42. The van der Waals surface area contributed by atoms with E-state index in [1.807, 2.05) is 0 Å². The van der Waals surface area contributed by atoms with E-state index in [-0.39, 0.29) is 22.7 Å². The Labute approximate surface area is 156 Å². The second-order valence-electron chi connectivity index (χ2n) is 5.26. The lowest BCUT2D eigenvalue weighted by molar-refractivity contribution is -0.394. The fourth-order valence-corrected chi connectivity index (χ4v) is 2.29. The van der Waals surface area contributed by atoms with Crippen LogP contribution in [0.1, 0.15) is 20.7 Å². The number of nitro groups is 2. The second kappa shape index (κ2) is 7.99. The predicted octanol–water partition coefficient (Wildman–Crippen LogP) is 2.47. The molecule has 0 spiro atoms. The molecule has 0 aromatic heterocycles. The number of rotatable bonds is 7. The molecule has 146 valence electrons. The maximum Gasteiger partial charge on any atom is 0.337 e. The van der Waals surface area contributed by atoms with E-state index in [4.69, 9.17) is 9.47 Å². The molecule has 0 aliphatic carbocycles. The van der Waals surface area contributed by atoms with Gasteiger partial charge in [0.05, 0.1) is 46.9 Å². The summed E-state index contributed by atoms with van der Waals surface area (Å²) >= 11 is 0. The molecule has 12 heteroatoms. The van der Waals surface area contributed by atoms with E-state index >= 15 is 0 Å². The molecule has 0 aliphatic heterocycles. The Hall–Kier alpha value is -4.22. The van der Waals surface area contributed by atoms with E-state index in [1.165, 1.54) is 20.3 Å². The van der Waals surface area contributed by atoms with Crippen molar-refractivity contribution >= 4 is 28.9 Å². The largest absolute Gasteiger partial charge is 0.493 e. The number of carbonyl (C=O) groups excluding carboxylic acids is 1. The fourth-order valence-electron chi connectivity index (χ4n) is 2.29. The smallest absolute Gasteiger partial charge is 0.337 e. The van der Waals surface area contributed by atoms with Gasteiger partial charge in [-0.1, -0.05) is 0 Å². The average Bonchev–Trinajstić information content (AvgIpc) is 2.66. The molecule has 0 bridgehead atoms. The molecule has 0 saturated carbocycles. The summed E-state index contributed by atoms with van der Waals surface area (Å²) in [4.78, 5) is 44.1. The van der Waals surface area contributed by atoms with E-state index in [0.717, 1.165) is 18.2 Å². The normalized spacial score (nSPS) is 10.1. The highest BCUT2D eigenvalue weighted by Crippen LogP contribution is 2.34. The highest BCUT2D eigenvalue weighted by Gasteiger charge is 2.22.